The van der Waals surface area contributed by atoms with E-state index in [4.69, 9.17) is 21.1 Å². The first-order valence-corrected chi connectivity index (χ1v) is 6.69. The van der Waals surface area contributed by atoms with Gasteiger partial charge in [0.2, 0.25) is 0 Å². The molecule has 1 fully saturated rings. The summed E-state index contributed by atoms with van der Waals surface area (Å²) in [5.41, 5.74) is 1.07. The Bertz CT molecular complexity index is 411. The first-order chi connectivity index (χ1) is 8.65. The Kier molecular flexibility index (Phi) is 4.49. The third-order valence-corrected chi connectivity index (χ3v) is 3.82. The molecule has 1 N–H and O–H groups in total. The van der Waals surface area contributed by atoms with E-state index in [0.29, 0.717) is 6.10 Å². The molecule has 0 radical (unpaired) electrons. The normalized spacial score (nSPS) is 25.1. The minimum Gasteiger partial charge on any atom is -0.497 e. The molecule has 0 spiro atoms. The van der Waals surface area contributed by atoms with Gasteiger partial charge < -0.3 is 14.8 Å². The highest BCUT2D eigenvalue weighted by Crippen LogP contribution is 2.34. The lowest BCUT2D eigenvalue weighted by Gasteiger charge is -2.24. The minimum atomic E-state index is 0.133. The number of benzene rings is 1. The van der Waals surface area contributed by atoms with Crippen LogP contribution in [0.3, 0.4) is 0 Å². The van der Waals surface area contributed by atoms with Crippen molar-refractivity contribution in [2.24, 2.45) is 0 Å². The van der Waals surface area contributed by atoms with Crippen molar-refractivity contribution < 1.29 is 9.47 Å². The van der Waals surface area contributed by atoms with E-state index in [-0.39, 0.29) is 12.1 Å². The highest BCUT2D eigenvalue weighted by molar-refractivity contribution is 6.31. The Morgan fingerprint density at radius 1 is 1.44 bits per heavy atom. The van der Waals surface area contributed by atoms with Gasteiger partial charge in [-0.05, 0) is 44.5 Å². The summed E-state index contributed by atoms with van der Waals surface area (Å²) >= 11 is 6.32. The molecule has 0 saturated carbocycles. The highest BCUT2D eigenvalue weighted by atomic mass is 35.5. The largest absolute Gasteiger partial charge is 0.497 e. The van der Waals surface area contributed by atoms with Crippen molar-refractivity contribution >= 4 is 11.6 Å². The van der Waals surface area contributed by atoms with Crippen LogP contribution in [0.2, 0.25) is 5.02 Å². The zero-order valence-corrected chi connectivity index (χ0v) is 11.8. The van der Waals surface area contributed by atoms with E-state index in [1.54, 1.807) is 7.11 Å². The SMILES string of the molecule is CNC(c1ccc(OC)cc1Cl)C1CCC(C)O1. The van der Waals surface area contributed by atoms with Crippen molar-refractivity contribution in [2.45, 2.75) is 38.0 Å². The molecule has 0 aromatic heterocycles. The van der Waals surface area contributed by atoms with E-state index in [1.807, 2.05) is 25.2 Å². The average Bonchev–Trinajstić information content (AvgIpc) is 2.78. The molecule has 0 bridgehead atoms. The molecular weight excluding hydrogens is 250 g/mol. The number of halogens is 1. The number of hydrogen-bond acceptors (Lipinski definition) is 3. The Morgan fingerprint density at radius 2 is 2.22 bits per heavy atom. The molecule has 2 rings (SSSR count). The van der Waals surface area contributed by atoms with Crippen LogP contribution in [-0.4, -0.2) is 26.4 Å². The van der Waals surface area contributed by atoms with Crippen LogP contribution in [0.15, 0.2) is 18.2 Å². The lowest BCUT2D eigenvalue weighted by atomic mass is 9.99. The first kappa shape index (κ1) is 13.7. The third-order valence-electron chi connectivity index (χ3n) is 3.49. The summed E-state index contributed by atoms with van der Waals surface area (Å²) in [5, 5.41) is 4.03. The van der Waals surface area contributed by atoms with Crippen molar-refractivity contribution in [1.82, 2.24) is 5.32 Å². The summed E-state index contributed by atoms with van der Waals surface area (Å²) in [6.07, 6.45) is 2.70. The smallest absolute Gasteiger partial charge is 0.120 e. The van der Waals surface area contributed by atoms with Gasteiger partial charge in [0.1, 0.15) is 5.75 Å². The van der Waals surface area contributed by atoms with Crippen LogP contribution in [0.4, 0.5) is 0 Å². The predicted molar refractivity (Wildman–Crippen MR) is 73.4 cm³/mol. The van der Waals surface area contributed by atoms with Crippen molar-refractivity contribution in [2.75, 3.05) is 14.2 Å². The van der Waals surface area contributed by atoms with Crippen molar-refractivity contribution in [3.05, 3.63) is 28.8 Å². The second kappa shape index (κ2) is 5.91. The quantitative estimate of drug-likeness (QED) is 0.911. The Balaban J connectivity index is 2.22. The number of methoxy groups -OCH3 is 1. The van der Waals surface area contributed by atoms with Gasteiger partial charge in [-0.15, -0.1) is 0 Å². The third kappa shape index (κ3) is 2.79. The molecule has 100 valence electrons. The lowest BCUT2D eigenvalue weighted by Crippen LogP contribution is -2.29. The van der Waals surface area contributed by atoms with Gasteiger partial charge in [0.15, 0.2) is 0 Å². The van der Waals surface area contributed by atoms with Crippen molar-refractivity contribution in [3.63, 3.8) is 0 Å². The molecule has 3 atom stereocenters. The van der Waals surface area contributed by atoms with E-state index >= 15 is 0 Å². The molecule has 3 nitrogen and oxygen atoms in total. The van der Waals surface area contributed by atoms with Crippen molar-refractivity contribution in [1.29, 1.82) is 0 Å². The van der Waals surface area contributed by atoms with Gasteiger partial charge in [-0.25, -0.2) is 0 Å². The van der Waals surface area contributed by atoms with Crippen LogP contribution in [-0.2, 0) is 4.74 Å². The Labute approximate surface area is 113 Å². The molecule has 1 aromatic carbocycles. The molecule has 4 heteroatoms. The fourth-order valence-corrected chi connectivity index (χ4v) is 2.80. The molecule has 1 aliphatic heterocycles. The maximum absolute atomic E-state index is 6.32. The number of ether oxygens (including phenoxy) is 2. The summed E-state index contributed by atoms with van der Waals surface area (Å²) in [7, 11) is 3.58. The van der Waals surface area contributed by atoms with Gasteiger partial charge in [-0.3, -0.25) is 0 Å². The van der Waals surface area contributed by atoms with Gasteiger partial charge >= 0.3 is 0 Å². The zero-order chi connectivity index (χ0) is 13.1. The summed E-state index contributed by atoms with van der Waals surface area (Å²) in [6, 6.07) is 5.92. The highest BCUT2D eigenvalue weighted by Gasteiger charge is 2.30. The van der Waals surface area contributed by atoms with E-state index in [0.717, 1.165) is 29.2 Å². The van der Waals surface area contributed by atoms with E-state index in [9.17, 15) is 0 Å². The van der Waals surface area contributed by atoms with Gasteiger partial charge in [0, 0.05) is 5.02 Å². The Hall–Kier alpha value is -0.770. The van der Waals surface area contributed by atoms with Crippen molar-refractivity contribution in [3.8, 4) is 5.75 Å². The summed E-state index contributed by atoms with van der Waals surface area (Å²) in [6.45, 7) is 2.11. The Morgan fingerprint density at radius 3 is 2.72 bits per heavy atom. The molecule has 0 amide bonds. The predicted octanol–water partition coefficient (Wildman–Crippen LogP) is 3.18. The van der Waals surface area contributed by atoms with Gasteiger partial charge in [-0.2, -0.15) is 0 Å². The molecule has 1 aliphatic rings. The number of rotatable bonds is 4. The second-order valence-electron chi connectivity index (χ2n) is 4.72. The minimum absolute atomic E-state index is 0.133. The fourth-order valence-electron chi connectivity index (χ4n) is 2.51. The molecule has 1 heterocycles. The molecule has 18 heavy (non-hydrogen) atoms. The standard InChI is InChI=1S/C14H20ClNO2/c1-9-4-7-13(18-9)14(16-2)11-6-5-10(17-3)8-12(11)15/h5-6,8-9,13-14,16H,4,7H2,1-3H3. The monoisotopic (exact) mass is 269 g/mol. The topological polar surface area (TPSA) is 30.5 Å². The lowest BCUT2D eigenvalue weighted by molar-refractivity contribution is 0.0333. The van der Waals surface area contributed by atoms with E-state index in [1.165, 1.54) is 0 Å². The average molecular weight is 270 g/mol. The molecule has 3 unspecified atom stereocenters. The number of nitrogens with one attached hydrogen (secondary N) is 1. The summed E-state index contributed by atoms with van der Waals surface area (Å²) < 4.78 is 11.1. The van der Waals surface area contributed by atoms with Crippen LogP contribution in [0.1, 0.15) is 31.4 Å². The molecular formula is C14H20ClNO2. The molecule has 0 aliphatic carbocycles. The number of hydrogen-bond donors (Lipinski definition) is 1. The summed E-state index contributed by atoms with van der Waals surface area (Å²) in [4.78, 5) is 0. The van der Waals surface area contributed by atoms with Crippen LogP contribution in [0.25, 0.3) is 0 Å². The van der Waals surface area contributed by atoms with Gasteiger partial charge in [-0.1, -0.05) is 17.7 Å². The maximum Gasteiger partial charge on any atom is 0.120 e. The molecule has 1 saturated heterocycles. The van der Waals surface area contributed by atoms with E-state index < -0.39 is 0 Å². The maximum atomic E-state index is 6.32. The first-order valence-electron chi connectivity index (χ1n) is 6.32. The van der Waals surface area contributed by atoms with Gasteiger partial charge in [0.25, 0.3) is 0 Å². The molecule has 1 aromatic rings. The fraction of sp³-hybridized carbons (Fsp3) is 0.571. The van der Waals surface area contributed by atoms with E-state index in [2.05, 4.69) is 12.2 Å². The number of likely N-dealkylation sites (N-methyl/N-ethyl adjacent to an activating group) is 1. The second-order valence-corrected chi connectivity index (χ2v) is 5.12. The van der Waals surface area contributed by atoms with Crippen LogP contribution >= 0.6 is 11.6 Å². The van der Waals surface area contributed by atoms with Gasteiger partial charge in [0.05, 0.1) is 25.4 Å². The summed E-state index contributed by atoms with van der Waals surface area (Å²) in [5.74, 6) is 0.777. The van der Waals surface area contributed by atoms with Crippen LogP contribution in [0.5, 0.6) is 5.75 Å². The zero-order valence-electron chi connectivity index (χ0n) is 11.1. The van der Waals surface area contributed by atoms with Crippen LogP contribution in [0, 0.1) is 0 Å². The van der Waals surface area contributed by atoms with Crippen LogP contribution < -0.4 is 10.1 Å².